The number of nitrogens with zero attached hydrogens (tertiary/aromatic N) is 4. The highest BCUT2D eigenvalue weighted by molar-refractivity contribution is 7.99. The van der Waals surface area contributed by atoms with E-state index in [0.717, 1.165) is 24.2 Å². The van der Waals surface area contributed by atoms with Crippen LogP contribution in [0.1, 0.15) is 42.9 Å². The van der Waals surface area contributed by atoms with Crippen molar-refractivity contribution in [3.05, 3.63) is 38.7 Å². The van der Waals surface area contributed by atoms with Gasteiger partial charge in [-0.15, -0.1) is 10.2 Å². The van der Waals surface area contributed by atoms with E-state index < -0.39 is 10.9 Å². The van der Waals surface area contributed by atoms with Gasteiger partial charge in [0.1, 0.15) is 4.90 Å². The van der Waals surface area contributed by atoms with Gasteiger partial charge in [0.2, 0.25) is 5.16 Å². The van der Waals surface area contributed by atoms with Crippen LogP contribution in [0.2, 0.25) is 5.02 Å². The summed E-state index contributed by atoms with van der Waals surface area (Å²) in [6, 6.07) is 2.48. The number of carbonyl (C=O) groups is 1. The van der Waals surface area contributed by atoms with Gasteiger partial charge in [0.05, 0.1) is 22.1 Å². The molecule has 0 saturated carbocycles. The molecule has 2 N–H and O–H groups in total. The molecule has 0 aliphatic carbocycles. The predicted molar refractivity (Wildman–Crippen MR) is 97.0 cm³/mol. The summed E-state index contributed by atoms with van der Waals surface area (Å²) < 4.78 is 6.33. The van der Waals surface area contributed by atoms with Crippen LogP contribution >= 0.6 is 23.4 Å². The van der Waals surface area contributed by atoms with Crippen molar-refractivity contribution in [1.82, 2.24) is 14.9 Å². The van der Waals surface area contributed by atoms with E-state index in [2.05, 4.69) is 10.2 Å². The highest BCUT2D eigenvalue weighted by Crippen LogP contribution is 2.40. The second kappa shape index (κ2) is 8.86. The van der Waals surface area contributed by atoms with Crippen molar-refractivity contribution in [3.8, 4) is 0 Å². The lowest BCUT2D eigenvalue weighted by Crippen LogP contribution is -2.13. The minimum Gasteiger partial charge on any atom is -0.462 e. The highest BCUT2D eigenvalue weighted by atomic mass is 35.5. The summed E-state index contributed by atoms with van der Waals surface area (Å²) in [6.07, 6.45) is 2.13. The molecule has 0 spiro atoms. The average Bonchev–Trinajstić information content (AvgIpc) is 2.96. The molecule has 0 bridgehead atoms. The maximum atomic E-state index is 12.1. The number of carbonyl (C=O) groups excluding carboxylic acids is 1. The number of hydrogen-bond donors (Lipinski definition) is 1. The quantitative estimate of drug-likeness (QED) is 0.235. The molecule has 11 heteroatoms. The van der Waals surface area contributed by atoms with Gasteiger partial charge >= 0.3 is 5.97 Å². The summed E-state index contributed by atoms with van der Waals surface area (Å²) in [5.74, 6) is 5.74. The molecule has 2 rings (SSSR count). The maximum Gasteiger partial charge on any atom is 0.338 e. The largest absolute Gasteiger partial charge is 0.462 e. The molecule has 140 valence electrons. The van der Waals surface area contributed by atoms with Gasteiger partial charge in [-0.3, -0.25) is 10.1 Å². The van der Waals surface area contributed by atoms with E-state index in [1.165, 1.54) is 10.7 Å². The standard InChI is InChI=1S/C15H18ClN5O4S/c1-3-5-6-25-14(22)9-7-10(16)13(11(8-9)21(23)24)26-15-19-18-12(4-2)20(15)17/h7-8H,3-6,17H2,1-2H3. The third-order valence-electron chi connectivity index (χ3n) is 3.43. The molecule has 0 atom stereocenters. The number of esters is 1. The summed E-state index contributed by atoms with van der Waals surface area (Å²) in [5.41, 5.74) is -0.309. The van der Waals surface area contributed by atoms with Gasteiger partial charge in [-0.05, 0) is 24.2 Å². The number of aromatic nitrogens is 3. The van der Waals surface area contributed by atoms with Crippen molar-refractivity contribution in [2.24, 2.45) is 0 Å². The van der Waals surface area contributed by atoms with Crippen LogP contribution < -0.4 is 5.84 Å². The van der Waals surface area contributed by atoms with Crippen LogP contribution in [0.15, 0.2) is 22.2 Å². The SMILES string of the molecule is CCCCOC(=O)c1cc(Cl)c(Sc2nnc(CC)n2N)c([N+](=O)[O-])c1. The lowest BCUT2D eigenvalue weighted by molar-refractivity contribution is -0.387. The van der Waals surface area contributed by atoms with Gasteiger partial charge in [-0.1, -0.05) is 31.9 Å². The molecular formula is C15H18ClN5O4S. The van der Waals surface area contributed by atoms with Crippen LogP contribution in [0.5, 0.6) is 0 Å². The second-order valence-electron chi connectivity index (χ2n) is 5.28. The van der Waals surface area contributed by atoms with Gasteiger partial charge in [0, 0.05) is 12.5 Å². The Bertz CT molecular complexity index is 827. The molecule has 0 radical (unpaired) electrons. The Morgan fingerprint density at radius 1 is 1.42 bits per heavy atom. The van der Waals surface area contributed by atoms with Crippen LogP contribution in [0.4, 0.5) is 5.69 Å². The van der Waals surface area contributed by atoms with Gasteiger partial charge < -0.3 is 10.6 Å². The summed E-state index contributed by atoms with van der Waals surface area (Å²) in [6.45, 7) is 4.06. The van der Waals surface area contributed by atoms with Gasteiger partial charge in [-0.25, -0.2) is 9.47 Å². The molecule has 1 aromatic carbocycles. The number of nitrogens with two attached hydrogens (primary N) is 1. The molecule has 0 fully saturated rings. The second-order valence-corrected chi connectivity index (χ2v) is 6.66. The fourth-order valence-electron chi connectivity index (χ4n) is 2.04. The van der Waals surface area contributed by atoms with E-state index in [0.29, 0.717) is 18.7 Å². The molecule has 9 nitrogen and oxygen atoms in total. The topological polar surface area (TPSA) is 126 Å². The van der Waals surface area contributed by atoms with Crippen molar-refractivity contribution in [2.45, 2.75) is 43.2 Å². The Kier molecular flexibility index (Phi) is 6.81. The zero-order valence-electron chi connectivity index (χ0n) is 14.3. The third-order valence-corrected chi connectivity index (χ3v) is 4.94. The molecule has 0 amide bonds. The highest BCUT2D eigenvalue weighted by Gasteiger charge is 2.25. The normalized spacial score (nSPS) is 10.7. The van der Waals surface area contributed by atoms with E-state index in [9.17, 15) is 14.9 Å². The Labute approximate surface area is 159 Å². The van der Waals surface area contributed by atoms with Crippen molar-refractivity contribution in [3.63, 3.8) is 0 Å². The first kappa shape index (κ1) is 20.0. The van der Waals surface area contributed by atoms with Gasteiger partial charge in [-0.2, -0.15) is 0 Å². The molecule has 0 saturated heterocycles. The van der Waals surface area contributed by atoms with Crippen LogP contribution in [0.25, 0.3) is 0 Å². The van der Waals surface area contributed by atoms with Crippen molar-refractivity contribution in [1.29, 1.82) is 0 Å². The van der Waals surface area contributed by atoms with Crippen LogP contribution in [-0.4, -0.2) is 32.4 Å². The number of hydrogen-bond acceptors (Lipinski definition) is 8. The summed E-state index contributed by atoms with van der Waals surface area (Å²) in [4.78, 5) is 23.0. The Morgan fingerprint density at radius 3 is 2.73 bits per heavy atom. The number of nitrogen functional groups attached to an aromatic ring is 1. The first-order valence-electron chi connectivity index (χ1n) is 7.91. The van der Waals surface area contributed by atoms with E-state index in [4.69, 9.17) is 22.2 Å². The van der Waals surface area contributed by atoms with Crippen molar-refractivity contribution < 1.29 is 14.5 Å². The smallest absolute Gasteiger partial charge is 0.338 e. The molecule has 0 aliphatic heterocycles. The Balaban J connectivity index is 2.36. The first-order chi connectivity index (χ1) is 12.4. The van der Waals surface area contributed by atoms with Gasteiger partial charge in [0.15, 0.2) is 5.82 Å². The van der Waals surface area contributed by atoms with Crippen molar-refractivity contribution in [2.75, 3.05) is 12.4 Å². The van der Waals surface area contributed by atoms with E-state index in [-0.39, 0.29) is 32.9 Å². The minimum atomic E-state index is -0.657. The maximum absolute atomic E-state index is 12.1. The number of rotatable bonds is 8. The first-order valence-corrected chi connectivity index (χ1v) is 9.10. The number of benzene rings is 1. The number of ether oxygens (including phenoxy) is 1. The van der Waals surface area contributed by atoms with Crippen LogP contribution in [-0.2, 0) is 11.2 Å². The monoisotopic (exact) mass is 399 g/mol. The Hall–Kier alpha value is -2.33. The fraction of sp³-hybridized carbons (Fsp3) is 0.400. The summed E-state index contributed by atoms with van der Waals surface area (Å²) in [7, 11) is 0. The number of nitro groups is 1. The molecule has 1 heterocycles. The van der Waals surface area contributed by atoms with E-state index >= 15 is 0 Å². The molecule has 26 heavy (non-hydrogen) atoms. The molecule has 2 aromatic rings. The number of nitro benzene ring substituents is 1. The minimum absolute atomic E-state index is 0.0191. The van der Waals surface area contributed by atoms with Gasteiger partial charge in [0.25, 0.3) is 5.69 Å². The van der Waals surface area contributed by atoms with Crippen LogP contribution in [0.3, 0.4) is 0 Å². The zero-order chi connectivity index (χ0) is 19.3. The summed E-state index contributed by atoms with van der Waals surface area (Å²) >= 11 is 7.11. The third kappa shape index (κ3) is 4.44. The number of aryl methyl sites for hydroxylation is 1. The van der Waals surface area contributed by atoms with E-state index in [1.807, 2.05) is 13.8 Å². The zero-order valence-corrected chi connectivity index (χ0v) is 15.8. The van der Waals surface area contributed by atoms with Crippen LogP contribution in [0, 0.1) is 10.1 Å². The fourth-order valence-corrected chi connectivity index (χ4v) is 3.23. The lowest BCUT2D eigenvalue weighted by atomic mass is 10.2. The molecule has 1 aromatic heterocycles. The number of halogens is 1. The molecule has 0 unspecified atom stereocenters. The predicted octanol–water partition coefficient (Wildman–Crippen LogP) is 3.22. The lowest BCUT2D eigenvalue weighted by Gasteiger charge is -2.08. The Morgan fingerprint density at radius 2 is 2.15 bits per heavy atom. The summed E-state index contributed by atoms with van der Waals surface area (Å²) in [5, 5.41) is 19.6. The molecular weight excluding hydrogens is 382 g/mol. The van der Waals surface area contributed by atoms with Crippen molar-refractivity contribution >= 4 is 35.0 Å². The van der Waals surface area contributed by atoms with E-state index in [1.54, 1.807) is 0 Å². The average molecular weight is 400 g/mol. The molecule has 0 aliphatic rings. The number of unbranched alkanes of at least 4 members (excludes halogenated alkanes) is 1.